The van der Waals surface area contributed by atoms with Gasteiger partial charge in [0.25, 0.3) is 0 Å². The van der Waals surface area contributed by atoms with Crippen LogP contribution in [0.2, 0.25) is 0 Å². The minimum absolute atomic E-state index is 0.178. The summed E-state index contributed by atoms with van der Waals surface area (Å²) in [5, 5.41) is 10.9. The molecule has 0 atom stereocenters. The Balaban J connectivity index is 1.34. The first kappa shape index (κ1) is 18.9. The number of aromatic nitrogens is 4. The SMILES string of the molecule is CCNc1ncc(CN2CCCn3nc(CNC(=O)C4CCC4)cc3C2)cn1. The topological polar surface area (TPSA) is 88.0 Å². The predicted octanol–water partition coefficient (Wildman–Crippen LogP) is 1.93. The molecule has 1 aliphatic heterocycles. The van der Waals surface area contributed by atoms with Gasteiger partial charge in [0.2, 0.25) is 11.9 Å². The van der Waals surface area contributed by atoms with E-state index in [0.717, 1.165) is 63.2 Å². The largest absolute Gasteiger partial charge is 0.355 e. The third kappa shape index (κ3) is 4.49. The van der Waals surface area contributed by atoms with E-state index in [0.29, 0.717) is 12.5 Å². The van der Waals surface area contributed by atoms with E-state index in [-0.39, 0.29) is 11.8 Å². The molecule has 0 unspecified atom stereocenters. The van der Waals surface area contributed by atoms with Gasteiger partial charge in [-0.1, -0.05) is 6.42 Å². The van der Waals surface area contributed by atoms with Crippen molar-refractivity contribution in [2.75, 3.05) is 18.4 Å². The average Bonchev–Trinajstić information content (AvgIpc) is 2.92. The van der Waals surface area contributed by atoms with Crippen molar-refractivity contribution >= 4 is 11.9 Å². The van der Waals surface area contributed by atoms with Gasteiger partial charge >= 0.3 is 0 Å². The fourth-order valence-electron chi connectivity index (χ4n) is 3.75. The molecule has 2 N–H and O–H groups in total. The number of nitrogens with one attached hydrogen (secondary N) is 2. The van der Waals surface area contributed by atoms with Gasteiger partial charge in [0.05, 0.1) is 17.9 Å². The molecule has 0 aromatic carbocycles. The molecule has 2 aromatic heterocycles. The second kappa shape index (κ2) is 8.68. The maximum absolute atomic E-state index is 12.0. The number of carbonyl (C=O) groups is 1. The Bertz CT molecular complexity index is 797. The van der Waals surface area contributed by atoms with Crippen molar-refractivity contribution in [3.05, 3.63) is 35.4 Å². The molecule has 3 heterocycles. The number of hydrogen-bond acceptors (Lipinski definition) is 6. The molecule has 2 aliphatic rings. The Labute approximate surface area is 165 Å². The van der Waals surface area contributed by atoms with Gasteiger partial charge < -0.3 is 10.6 Å². The van der Waals surface area contributed by atoms with Gasteiger partial charge in [-0.15, -0.1) is 0 Å². The van der Waals surface area contributed by atoms with E-state index < -0.39 is 0 Å². The van der Waals surface area contributed by atoms with E-state index in [1.165, 1.54) is 12.1 Å². The van der Waals surface area contributed by atoms with Crippen LogP contribution in [-0.2, 0) is 31.0 Å². The van der Waals surface area contributed by atoms with E-state index >= 15 is 0 Å². The lowest BCUT2D eigenvalue weighted by Crippen LogP contribution is -2.34. The molecule has 2 aromatic rings. The van der Waals surface area contributed by atoms with Crippen LogP contribution in [0.5, 0.6) is 0 Å². The highest BCUT2D eigenvalue weighted by Gasteiger charge is 2.25. The maximum Gasteiger partial charge on any atom is 0.223 e. The summed E-state index contributed by atoms with van der Waals surface area (Å²) in [6.07, 6.45) is 8.08. The van der Waals surface area contributed by atoms with E-state index in [1.807, 2.05) is 19.3 Å². The summed E-state index contributed by atoms with van der Waals surface area (Å²) in [4.78, 5) is 23.2. The molecular formula is C20H29N7O. The number of fused-ring (bicyclic) bond motifs is 1. The zero-order valence-corrected chi connectivity index (χ0v) is 16.5. The van der Waals surface area contributed by atoms with Gasteiger partial charge in [0.1, 0.15) is 0 Å². The molecule has 0 spiro atoms. The van der Waals surface area contributed by atoms with Crippen LogP contribution in [0.25, 0.3) is 0 Å². The molecule has 0 bridgehead atoms. The number of nitrogens with zero attached hydrogens (tertiary/aromatic N) is 5. The quantitative estimate of drug-likeness (QED) is 0.760. The zero-order valence-electron chi connectivity index (χ0n) is 16.5. The Hall–Kier alpha value is -2.48. The smallest absolute Gasteiger partial charge is 0.223 e. The molecule has 8 nitrogen and oxygen atoms in total. The first-order valence-electron chi connectivity index (χ1n) is 10.3. The Morgan fingerprint density at radius 3 is 2.75 bits per heavy atom. The lowest BCUT2D eigenvalue weighted by molar-refractivity contribution is -0.127. The van der Waals surface area contributed by atoms with Gasteiger partial charge in [0, 0.05) is 56.6 Å². The fourth-order valence-corrected chi connectivity index (χ4v) is 3.75. The summed E-state index contributed by atoms with van der Waals surface area (Å²) >= 11 is 0. The first-order chi connectivity index (χ1) is 13.7. The summed E-state index contributed by atoms with van der Waals surface area (Å²) in [5.41, 5.74) is 3.26. The van der Waals surface area contributed by atoms with Crippen molar-refractivity contribution in [2.24, 2.45) is 5.92 Å². The highest BCUT2D eigenvalue weighted by molar-refractivity contribution is 5.79. The van der Waals surface area contributed by atoms with Crippen LogP contribution in [0.4, 0.5) is 5.95 Å². The van der Waals surface area contributed by atoms with Gasteiger partial charge in [-0.05, 0) is 32.3 Å². The van der Waals surface area contributed by atoms with Crippen LogP contribution in [0, 0.1) is 5.92 Å². The van der Waals surface area contributed by atoms with Crippen LogP contribution in [0.1, 0.15) is 49.6 Å². The number of anilines is 1. The molecular weight excluding hydrogens is 354 g/mol. The zero-order chi connectivity index (χ0) is 19.3. The molecule has 28 heavy (non-hydrogen) atoms. The van der Waals surface area contributed by atoms with Crippen molar-refractivity contribution in [3.8, 4) is 0 Å². The maximum atomic E-state index is 12.0. The molecule has 0 saturated heterocycles. The fraction of sp³-hybridized carbons (Fsp3) is 0.600. The van der Waals surface area contributed by atoms with Crippen molar-refractivity contribution in [3.63, 3.8) is 0 Å². The Morgan fingerprint density at radius 1 is 1.21 bits per heavy atom. The molecule has 1 saturated carbocycles. The number of amides is 1. The lowest BCUT2D eigenvalue weighted by atomic mass is 9.85. The first-order valence-corrected chi connectivity index (χ1v) is 10.3. The summed E-state index contributed by atoms with van der Waals surface area (Å²) in [5.74, 6) is 1.07. The minimum Gasteiger partial charge on any atom is -0.355 e. The normalized spacial score (nSPS) is 17.5. The third-order valence-corrected chi connectivity index (χ3v) is 5.51. The predicted molar refractivity (Wildman–Crippen MR) is 106 cm³/mol. The van der Waals surface area contributed by atoms with E-state index in [4.69, 9.17) is 5.10 Å². The van der Waals surface area contributed by atoms with Crippen LogP contribution in [0.15, 0.2) is 18.5 Å². The molecule has 8 heteroatoms. The Morgan fingerprint density at radius 2 is 2.04 bits per heavy atom. The highest BCUT2D eigenvalue weighted by atomic mass is 16.1. The number of aryl methyl sites for hydroxylation is 1. The number of hydrogen-bond donors (Lipinski definition) is 2. The Kier molecular flexibility index (Phi) is 5.85. The number of carbonyl (C=O) groups excluding carboxylic acids is 1. The van der Waals surface area contributed by atoms with Gasteiger partial charge in [-0.2, -0.15) is 5.10 Å². The van der Waals surface area contributed by atoms with Crippen molar-refractivity contribution < 1.29 is 4.79 Å². The van der Waals surface area contributed by atoms with Crippen LogP contribution >= 0.6 is 0 Å². The molecule has 1 fully saturated rings. The van der Waals surface area contributed by atoms with E-state index in [1.54, 1.807) is 0 Å². The van der Waals surface area contributed by atoms with E-state index in [9.17, 15) is 4.79 Å². The molecule has 1 aliphatic carbocycles. The van der Waals surface area contributed by atoms with Crippen LogP contribution in [0.3, 0.4) is 0 Å². The van der Waals surface area contributed by atoms with Crippen molar-refractivity contribution in [2.45, 2.75) is 58.8 Å². The second-order valence-electron chi connectivity index (χ2n) is 7.71. The monoisotopic (exact) mass is 383 g/mol. The summed E-state index contributed by atoms with van der Waals surface area (Å²) in [7, 11) is 0. The second-order valence-corrected chi connectivity index (χ2v) is 7.71. The van der Waals surface area contributed by atoms with Gasteiger partial charge in [-0.3, -0.25) is 14.4 Å². The highest BCUT2D eigenvalue weighted by Crippen LogP contribution is 2.26. The van der Waals surface area contributed by atoms with Crippen LogP contribution < -0.4 is 10.6 Å². The molecule has 0 radical (unpaired) electrons. The van der Waals surface area contributed by atoms with Gasteiger partial charge in [0.15, 0.2) is 0 Å². The van der Waals surface area contributed by atoms with Crippen molar-refractivity contribution in [1.82, 2.24) is 30.0 Å². The standard InChI is InChI=1S/C20H29N7O/c1-2-21-20-23-10-15(11-24-20)13-26-7-4-8-27-18(14-26)9-17(25-27)12-22-19(28)16-5-3-6-16/h9-11,16H,2-8,12-14H2,1H3,(H,22,28)(H,21,23,24). The number of rotatable bonds is 7. The molecule has 4 rings (SSSR count). The lowest BCUT2D eigenvalue weighted by Gasteiger charge is -2.23. The van der Waals surface area contributed by atoms with Crippen molar-refractivity contribution in [1.29, 1.82) is 0 Å². The summed E-state index contributed by atoms with van der Waals surface area (Å²) in [6.45, 7) is 6.98. The van der Waals surface area contributed by atoms with E-state index in [2.05, 4.69) is 36.2 Å². The third-order valence-electron chi connectivity index (χ3n) is 5.51. The van der Waals surface area contributed by atoms with Crippen LogP contribution in [-0.4, -0.2) is 43.6 Å². The molecule has 150 valence electrons. The average molecular weight is 384 g/mol. The minimum atomic E-state index is 0.178. The van der Waals surface area contributed by atoms with Gasteiger partial charge in [-0.25, -0.2) is 9.97 Å². The molecule has 1 amide bonds. The summed E-state index contributed by atoms with van der Waals surface area (Å²) in [6, 6.07) is 2.13. The summed E-state index contributed by atoms with van der Waals surface area (Å²) < 4.78 is 2.09.